The summed E-state index contributed by atoms with van der Waals surface area (Å²) in [7, 11) is 0. The average Bonchev–Trinajstić information content (AvgIpc) is 2.80. The van der Waals surface area contributed by atoms with Gasteiger partial charge in [0.1, 0.15) is 0 Å². The zero-order valence-corrected chi connectivity index (χ0v) is 19.1. The molecule has 1 aliphatic rings. The summed E-state index contributed by atoms with van der Waals surface area (Å²) in [5.41, 5.74) is -2.65. The number of aliphatic hydroxyl groups is 1. The second-order valence-electron chi connectivity index (χ2n) is 9.09. The summed E-state index contributed by atoms with van der Waals surface area (Å²) in [6.45, 7) is 5.05. The standard InChI is InChI=1S/C26H29F3N2O2/c1-4-31(23(32)19-10-12-20(13-11-19)24(3,33)26(27,28)29)22-14-15-25(17-30,16-18(22)2)21-8-6-5-7-9-21/h5-13,18,22,33H,4,14-16H2,1-3H3/t18-,22+,24-,25+/m0/s1. The Morgan fingerprint density at radius 2 is 1.79 bits per heavy atom. The Morgan fingerprint density at radius 1 is 1.18 bits per heavy atom. The highest BCUT2D eigenvalue weighted by Gasteiger charge is 2.51. The third-order valence-electron chi connectivity index (χ3n) is 6.98. The Labute approximate surface area is 192 Å². The Kier molecular flexibility index (Phi) is 6.90. The van der Waals surface area contributed by atoms with Crippen LogP contribution in [0.4, 0.5) is 13.2 Å². The van der Waals surface area contributed by atoms with Crippen molar-refractivity contribution in [2.75, 3.05) is 6.54 Å². The van der Waals surface area contributed by atoms with Crippen molar-refractivity contribution >= 4 is 5.91 Å². The summed E-state index contributed by atoms with van der Waals surface area (Å²) in [4.78, 5) is 15.0. The second-order valence-corrected chi connectivity index (χ2v) is 9.09. The van der Waals surface area contributed by atoms with Gasteiger partial charge in [0.15, 0.2) is 5.60 Å². The molecular weight excluding hydrogens is 429 g/mol. The third-order valence-corrected chi connectivity index (χ3v) is 6.98. The molecule has 1 amide bonds. The Morgan fingerprint density at radius 3 is 2.27 bits per heavy atom. The lowest BCUT2D eigenvalue weighted by molar-refractivity contribution is -0.258. The zero-order chi connectivity index (χ0) is 24.4. The van der Waals surface area contributed by atoms with Gasteiger partial charge in [-0.05, 0) is 62.3 Å². The molecule has 1 saturated carbocycles. The van der Waals surface area contributed by atoms with Crippen LogP contribution in [0.5, 0.6) is 0 Å². The molecule has 1 fully saturated rings. The number of halogens is 3. The van der Waals surface area contributed by atoms with Crippen LogP contribution in [0.1, 0.15) is 61.5 Å². The van der Waals surface area contributed by atoms with Crippen molar-refractivity contribution < 1.29 is 23.1 Å². The molecule has 0 aromatic heterocycles. The number of nitriles is 1. The van der Waals surface area contributed by atoms with Gasteiger partial charge in [-0.25, -0.2) is 0 Å². The van der Waals surface area contributed by atoms with Gasteiger partial charge in [-0.3, -0.25) is 4.79 Å². The van der Waals surface area contributed by atoms with Crippen molar-refractivity contribution in [3.05, 3.63) is 71.3 Å². The van der Waals surface area contributed by atoms with Crippen molar-refractivity contribution in [3.8, 4) is 6.07 Å². The van der Waals surface area contributed by atoms with Crippen molar-refractivity contribution in [2.24, 2.45) is 5.92 Å². The molecule has 0 bridgehead atoms. The maximum atomic E-state index is 13.3. The van der Waals surface area contributed by atoms with Crippen LogP contribution in [0.3, 0.4) is 0 Å². The van der Waals surface area contributed by atoms with Crippen molar-refractivity contribution in [1.82, 2.24) is 4.90 Å². The normalized spacial score (nSPS) is 25.0. The number of nitrogens with zero attached hydrogens (tertiary/aromatic N) is 2. The van der Waals surface area contributed by atoms with E-state index in [2.05, 4.69) is 6.07 Å². The minimum Gasteiger partial charge on any atom is -0.376 e. The van der Waals surface area contributed by atoms with Gasteiger partial charge in [0.05, 0.1) is 11.5 Å². The van der Waals surface area contributed by atoms with Crippen LogP contribution >= 0.6 is 0 Å². The van der Waals surface area contributed by atoms with E-state index in [9.17, 15) is 28.3 Å². The first-order valence-corrected chi connectivity index (χ1v) is 11.1. The molecule has 0 unspecified atom stereocenters. The first-order valence-electron chi connectivity index (χ1n) is 11.1. The summed E-state index contributed by atoms with van der Waals surface area (Å²) < 4.78 is 39.3. The van der Waals surface area contributed by atoms with Gasteiger partial charge in [0.2, 0.25) is 0 Å². The molecule has 176 valence electrons. The van der Waals surface area contributed by atoms with E-state index in [1.165, 1.54) is 12.1 Å². The molecule has 33 heavy (non-hydrogen) atoms. The predicted octanol–water partition coefficient (Wildman–Crippen LogP) is 5.57. The molecule has 0 radical (unpaired) electrons. The first kappa shape index (κ1) is 24.8. The number of alkyl halides is 3. The number of carbonyl (C=O) groups is 1. The Hall–Kier alpha value is -2.85. The highest BCUT2D eigenvalue weighted by molar-refractivity contribution is 5.94. The van der Waals surface area contributed by atoms with E-state index < -0.39 is 17.2 Å². The van der Waals surface area contributed by atoms with Crippen LogP contribution in [0, 0.1) is 17.2 Å². The van der Waals surface area contributed by atoms with Gasteiger partial charge < -0.3 is 10.0 Å². The molecule has 4 atom stereocenters. The van der Waals surface area contributed by atoms with Gasteiger partial charge in [-0.2, -0.15) is 18.4 Å². The van der Waals surface area contributed by atoms with Crippen LogP contribution in [0.2, 0.25) is 0 Å². The molecule has 4 nitrogen and oxygen atoms in total. The molecule has 7 heteroatoms. The van der Waals surface area contributed by atoms with Gasteiger partial charge in [-0.1, -0.05) is 49.4 Å². The van der Waals surface area contributed by atoms with Gasteiger partial charge in [0.25, 0.3) is 5.91 Å². The van der Waals surface area contributed by atoms with Crippen LogP contribution in [0.15, 0.2) is 54.6 Å². The Bertz CT molecular complexity index is 1010. The number of hydrogen-bond acceptors (Lipinski definition) is 3. The van der Waals surface area contributed by atoms with Crippen molar-refractivity contribution in [3.63, 3.8) is 0 Å². The summed E-state index contributed by atoms with van der Waals surface area (Å²) in [5, 5.41) is 19.9. The molecule has 0 aliphatic heterocycles. The SMILES string of the molecule is CCN(C(=O)c1ccc([C@](C)(O)C(F)(F)F)cc1)[C@@H]1CC[C@@](C#N)(c2ccccc2)C[C@@H]1C. The highest BCUT2D eigenvalue weighted by atomic mass is 19.4. The lowest BCUT2D eigenvalue weighted by Crippen LogP contribution is -2.49. The fourth-order valence-corrected chi connectivity index (χ4v) is 4.91. The molecule has 1 aliphatic carbocycles. The van der Waals surface area contributed by atoms with Crippen LogP contribution in [-0.4, -0.2) is 34.7 Å². The second kappa shape index (κ2) is 9.18. The molecule has 0 spiro atoms. The molecule has 3 rings (SSSR count). The molecule has 1 N–H and O–H groups in total. The van der Waals surface area contributed by atoms with Crippen LogP contribution < -0.4 is 0 Å². The minimum atomic E-state index is -4.82. The van der Waals surface area contributed by atoms with E-state index in [0.29, 0.717) is 32.7 Å². The van der Waals surface area contributed by atoms with Crippen LogP contribution in [0.25, 0.3) is 0 Å². The number of carbonyl (C=O) groups excluding carboxylic acids is 1. The van der Waals surface area contributed by atoms with Crippen LogP contribution in [-0.2, 0) is 11.0 Å². The molecule has 0 heterocycles. The minimum absolute atomic E-state index is 0.0627. The average molecular weight is 459 g/mol. The smallest absolute Gasteiger partial charge is 0.376 e. The van der Waals surface area contributed by atoms with Gasteiger partial charge >= 0.3 is 6.18 Å². The summed E-state index contributed by atoms with van der Waals surface area (Å²) in [6.07, 6.45) is -2.92. The number of hydrogen-bond donors (Lipinski definition) is 1. The topological polar surface area (TPSA) is 64.3 Å². The lowest BCUT2D eigenvalue weighted by atomic mass is 9.65. The monoisotopic (exact) mass is 458 g/mol. The van der Waals surface area contributed by atoms with E-state index >= 15 is 0 Å². The number of benzene rings is 2. The van der Waals surface area contributed by atoms with E-state index in [0.717, 1.165) is 17.7 Å². The van der Waals surface area contributed by atoms with Gasteiger partial charge in [-0.15, -0.1) is 0 Å². The van der Waals surface area contributed by atoms with E-state index in [1.807, 2.05) is 44.2 Å². The fourth-order valence-electron chi connectivity index (χ4n) is 4.91. The number of rotatable bonds is 5. The van der Waals surface area contributed by atoms with E-state index in [-0.39, 0.29) is 29.0 Å². The molecule has 0 saturated heterocycles. The summed E-state index contributed by atoms with van der Waals surface area (Å²) in [5.74, 6) is -0.204. The molecule has 2 aromatic carbocycles. The Balaban J connectivity index is 1.80. The first-order chi connectivity index (χ1) is 15.5. The highest BCUT2D eigenvalue weighted by Crippen LogP contribution is 2.43. The summed E-state index contributed by atoms with van der Waals surface area (Å²) >= 11 is 0. The summed E-state index contributed by atoms with van der Waals surface area (Å²) in [6, 6.07) is 17.1. The third kappa shape index (κ3) is 4.63. The number of amides is 1. The van der Waals surface area contributed by atoms with E-state index in [4.69, 9.17) is 0 Å². The quantitative estimate of drug-likeness (QED) is 0.637. The van der Waals surface area contributed by atoms with Crippen molar-refractivity contribution in [2.45, 2.75) is 63.3 Å². The largest absolute Gasteiger partial charge is 0.421 e. The lowest BCUT2D eigenvalue weighted by Gasteiger charge is -2.44. The van der Waals surface area contributed by atoms with Gasteiger partial charge in [0, 0.05) is 18.2 Å². The fraction of sp³-hybridized carbons (Fsp3) is 0.462. The zero-order valence-electron chi connectivity index (χ0n) is 19.1. The maximum Gasteiger partial charge on any atom is 0.421 e. The van der Waals surface area contributed by atoms with E-state index in [1.54, 1.807) is 4.90 Å². The molecular formula is C26H29F3N2O2. The maximum absolute atomic E-state index is 13.3. The predicted molar refractivity (Wildman–Crippen MR) is 119 cm³/mol. The molecule has 2 aromatic rings. The van der Waals surface area contributed by atoms with Crippen molar-refractivity contribution in [1.29, 1.82) is 5.26 Å².